The van der Waals surface area contributed by atoms with Crippen LogP contribution in [0.1, 0.15) is 11.1 Å². The average molecular weight is 295 g/mol. The fraction of sp³-hybridized carbons (Fsp3) is 0.0714. The predicted octanol–water partition coefficient (Wildman–Crippen LogP) is 4.62. The summed E-state index contributed by atoms with van der Waals surface area (Å²) in [4.78, 5) is 0. The molecule has 0 saturated carbocycles. The molecule has 0 unspecified atom stereocenters. The largest absolute Gasteiger partial charge is 0.380 e. The van der Waals surface area contributed by atoms with Crippen LogP contribution in [0, 0.1) is 17.1 Å². The first-order valence-electron chi connectivity index (χ1n) is 5.47. The van der Waals surface area contributed by atoms with Gasteiger partial charge in [-0.3, -0.25) is 0 Å². The number of benzene rings is 2. The number of anilines is 1. The maximum atomic E-state index is 12.9. The van der Waals surface area contributed by atoms with Gasteiger partial charge in [-0.05, 0) is 35.9 Å². The SMILES string of the molecule is N#Cc1ccc(NCc2ccc(F)cc2Cl)c(Cl)c1. The van der Waals surface area contributed by atoms with E-state index in [0.29, 0.717) is 27.8 Å². The summed E-state index contributed by atoms with van der Waals surface area (Å²) in [5.41, 5.74) is 1.96. The molecule has 0 aliphatic rings. The van der Waals surface area contributed by atoms with Crippen LogP contribution in [0.5, 0.6) is 0 Å². The molecule has 0 heterocycles. The highest BCUT2D eigenvalue weighted by Gasteiger charge is 2.04. The highest BCUT2D eigenvalue weighted by Crippen LogP contribution is 2.24. The minimum absolute atomic E-state index is 0.359. The molecule has 0 saturated heterocycles. The molecule has 0 aliphatic carbocycles. The number of hydrogen-bond donors (Lipinski definition) is 1. The Labute approximate surface area is 120 Å². The molecule has 2 aromatic carbocycles. The number of nitrogens with zero attached hydrogens (tertiary/aromatic N) is 1. The molecule has 0 spiro atoms. The Kier molecular flexibility index (Phi) is 4.26. The zero-order valence-electron chi connectivity index (χ0n) is 9.75. The Hall–Kier alpha value is -1.76. The topological polar surface area (TPSA) is 35.8 Å². The van der Waals surface area contributed by atoms with Crippen molar-refractivity contribution in [2.75, 3.05) is 5.32 Å². The Bertz CT molecular complexity index is 650. The van der Waals surface area contributed by atoms with Crippen molar-refractivity contribution in [3.8, 4) is 6.07 Å². The number of hydrogen-bond acceptors (Lipinski definition) is 2. The summed E-state index contributed by atoms with van der Waals surface area (Å²) >= 11 is 12.0. The van der Waals surface area contributed by atoms with Crippen molar-refractivity contribution in [3.63, 3.8) is 0 Å². The third-order valence-corrected chi connectivity index (χ3v) is 3.25. The molecule has 0 bridgehead atoms. The first-order chi connectivity index (χ1) is 9.10. The van der Waals surface area contributed by atoms with Gasteiger partial charge in [-0.2, -0.15) is 5.26 Å². The number of halogens is 3. The molecule has 0 atom stereocenters. The molecule has 0 radical (unpaired) electrons. The molecule has 1 N–H and O–H groups in total. The van der Waals surface area contributed by atoms with Crippen molar-refractivity contribution >= 4 is 28.9 Å². The van der Waals surface area contributed by atoms with Crippen molar-refractivity contribution in [2.45, 2.75) is 6.54 Å². The normalized spacial score (nSPS) is 10.0. The van der Waals surface area contributed by atoms with Gasteiger partial charge in [0.25, 0.3) is 0 Å². The summed E-state index contributed by atoms with van der Waals surface area (Å²) in [6, 6.07) is 11.2. The highest BCUT2D eigenvalue weighted by atomic mass is 35.5. The quantitative estimate of drug-likeness (QED) is 0.897. The van der Waals surface area contributed by atoms with Crippen molar-refractivity contribution in [3.05, 3.63) is 63.4 Å². The first kappa shape index (κ1) is 13.7. The van der Waals surface area contributed by atoms with Crippen LogP contribution < -0.4 is 5.32 Å². The summed E-state index contributed by atoms with van der Waals surface area (Å²) in [5, 5.41) is 12.6. The molecule has 2 rings (SSSR count). The minimum Gasteiger partial charge on any atom is -0.380 e. The van der Waals surface area contributed by atoms with E-state index in [1.54, 1.807) is 24.3 Å². The monoisotopic (exact) mass is 294 g/mol. The lowest BCUT2D eigenvalue weighted by molar-refractivity contribution is 0.627. The van der Waals surface area contributed by atoms with Gasteiger partial charge >= 0.3 is 0 Å². The molecule has 2 nitrogen and oxygen atoms in total. The number of nitrogens with one attached hydrogen (secondary N) is 1. The van der Waals surface area contributed by atoms with Crippen LogP contribution in [-0.2, 0) is 6.54 Å². The maximum absolute atomic E-state index is 12.9. The molecule has 0 aromatic heterocycles. The van der Waals surface area contributed by atoms with Crippen LogP contribution in [-0.4, -0.2) is 0 Å². The molecular weight excluding hydrogens is 286 g/mol. The van der Waals surface area contributed by atoms with Crippen molar-refractivity contribution in [2.24, 2.45) is 0 Å². The fourth-order valence-corrected chi connectivity index (χ4v) is 2.06. The summed E-state index contributed by atoms with van der Waals surface area (Å²) in [7, 11) is 0. The maximum Gasteiger partial charge on any atom is 0.124 e. The smallest absolute Gasteiger partial charge is 0.124 e. The fourth-order valence-electron chi connectivity index (χ4n) is 1.58. The van der Waals surface area contributed by atoms with E-state index in [-0.39, 0.29) is 5.82 Å². The lowest BCUT2D eigenvalue weighted by atomic mass is 10.2. The van der Waals surface area contributed by atoms with Crippen LogP contribution in [0.2, 0.25) is 10.0 Å². The summed E-state index contributed by atoms with van der Waals surface area (Å²) < 4.78 is 12.9. The van der Waals surface area contributed by atoms with Crippen molar-refractivity contribution in [1.29, 1.82) is 5.26 Å². The van der Waals surface area contributed by atoms with Crippen molar-refractivity contribution in [1.82, 2.24) is 0 Å². The molecule has 19 heavy (non-hydrogen) atoms. The van der Waals surface area contributed by atoms with Crippen LogP contribution in [0.15, 0.2) is 36.4 Å². The third-order valence-electron chi connectivity index (χ3n) is 2.58. The van der Waals surface area contributed by atoms with Gasteiger partial charge in [0, 0.05) is 11.6 Å². The molecule has 0 aliphatic heterocycles. The molecule has 0 amide bonds. The van der Waals surface area contributed by atoms with Gasteiger partial charge in [0.2, 0.25) is 0 Å². The summed E-state index contributed by atoms with van der Waals surface area (Å²) in [6.07, 6.45) is 0. The predicted molar refractivity (Wildman–Crippen MR) is 74.9 cm³/mol. The zero-order valence-corrected chi connectivity index (χ0v) is 11.3. The second-order valence-electron chi connectivity index (χ2n) is 3.90. The first-order valence-corrected chi connectivity index (χ1v) is 6.23. The van der Waals surface area contributed by atoms with E-state index in [4.69, 9.17) is 28.5 Å². The van der Waals surface area contributed by atoms with E-state index < -0.39 is 0 Å². The van der Waals surface area contributed by atoms with E-state index in [1.807, 2.05) is 6.07 Å². The van der Waals surface area contributed by atoms with Gasteiger partial charge in [-0.25, -0.2) is 4.39 Å². The lowest BCUT2D eigenvalue weighted by Gasteiger charge is -2.10. The van der Waals surface area contributed by atoms with Crippen LogP contribution >= 0.6 is 23.2 Å². The molecule has 0 fully saturated rings. The van der Waals surface area contributed by atoms with Gasteiger partial charge in [0.05, 0.1) is 22.3 Å². The molecule has 96 valence electrons. The zero-order chi connectivity index (χ0) is 13.8. The Balaban J connectivity index is 2.13. The highest BCUT2D eigenvalue weighted by molar-refractivity contribution is 6.33. The van der Waals surface area contributed by atoms with Crippen LogP contribution in [0.25, 0.3) is 0 Å². The lowest BCUT2D eigenvalue weighted by Crippen LogP contribution is -2.01. The second-order valence-corrected chi connectivity index (χ2v) is 4.71. The van der Waals surface area contributed by atoms with Crippen LogP contribution in [0.3, 0.4) is 0 Å². The Morgan fingerprint density at radius 1 is 1.11 bits per heavy atom. The van der Waals surface area contributed by atoms with E-state index in [0.717, 1.165) is 5.56 Å². The summed E-state index contributed by atoms with van der Waals surface area (Å²) in [5.74, 6) is -0.370. The van der Waals surface area contributed by atoms with Crippen molar-refractivity contribution < 1.29 is 4.39 Å². The third kappa shape index (κ3) is 3.37. The summed E-state index contributed by atoms with van der Waals surface area (Å²) in [6.45, 7) is 0.421. The van der Waals surface area contributed by atoms with E-state index in [9.17, 15) is 4.39 Å². The van der Waals surface area contributed by atoms with Gasteiger partial charge in [-0.1, -0.05) is 29.3 Å². The average Bonchev–Trinajstić information content (AvgIpc) is 2.39. The van der Waals surface area contributed by atoms with Gasteiger partial charge < -0.3 is 5.32 Å². The minimum atomic E-state index is -0.370. The molecular formula is C14H9Cl2FN2. The van der Waals surface area contributed by atoms with E-state index in [2.05, 4.69) is 5.32 Å². The number of rotatable bonds is 3. The van der Waals surface area contributed by atoms with E-state index in [1.165, 1.54) is 12.1 Å². The van der Waals surface area contributed by atoms with Crippen LogP contribution in [0.4, 0.5) is 10.1 Å². The van der Waals surface area contributed by atoms with Gasteiger partial charge in [0.1, 0.15) is 5.82 Å². The Morgan fingerprint density at radius 2 is 1.89 bits per heavy atom. The van der Waals surface area contributed by atoms with Gasteiger partial charge in [-0.15, -0.1) is 0 Å². The standard InChI is InChI=1S/C14H9Cl2FN2/c15-12-6-11(17)3-2-10(12)8-19-14-4-1-9(7-18)5-13(14)16/h1-6,19H,8H2. The van der Waals surface area contributed by atoms with Gasteiger partial charge in [0.15, 0.2) is 0 Å². The van der Waals surface area contributed by atoms with E-state index >= 15 is 0 Å². The molecule has 2 aromatic rings. The second kappa shape index (κ2) is 5.92. The Morgan fingerprint density at radius 3 is 2.53 bits per heavy atom. The number of nitriles is 1. The molecule has 5 heteroatoms.